The molecule has 4 aromatic rings. The predicted molar refractivity (Wildman–Crippen MR) is 112 cm³/mol. The molecule has 2 aromatic carbocycles. The van der Waals surface area contributed by atoms with Crippen LogP contribution < -0.4 is 10.2 Å². The van der Waals surface area contributed by atoms with Crippen molar-refractivity contribution in [1.29, 1.82) is 0 Å². The summed E-state index contributed by atoms with van der Waals surface area (Å²) in [6.45, 7) is 3.44. The molecule has 0 saturated carbocycles. The fourth-order valence-corrected chi connectivity index (χ4v) is 3.83. The van der Waals surface area contributed by atoms with Crippen LogP contribution in [0.4, 0.5) is 17.2 Å². The van der Waals surface area contributed by atoms with Crippen LogP contribution in [-0.2, 0) is 4.74 Å². The number of rotatable bonds is 3. The van der Waals surface area contributed by atoms with Crippen LogP contribution in [-0.4, -0.2) is 41.5 Å². The van der Waals surface area contributed by atoms with Crippen molar-refractivity contribution in [2.45, 2.75) is 0 Å². The Hall–Kier alpha value is -2.64. The van der Waals surface area contributed by atoms with Crippen molar-refractivity contribution in [3.8, 4) is 0 Å². The van der Waals surface area contributed by atoms with Gasteiger partial charge in [0.05, 0.1) is 18.7 Å². The van der Waals surface area contributed by atoms with Crippen LogP contribution in [0.25, 0.3) is 21.8 Å². The topological polar surface area (TPSA) is 66.1 Å². The maximum Gasteiger partial charge on any atom is 0.159 e. The van der Waals surface area contributed by atoms with E-state index >= 15 is 0 Å². The first-order chi connectivity index (χ1) is 13.3. The van der Waals surface area contributed by atoms with Crippen LogP contribution in [0.3, 0.4) is 0 Å². The van der Waals surface area contributed by atoms with E-state index in [1.54, 1.807) is 0 Å². The predicted octanol–water partition coefficient (Wildman–Crippen LogP) is 4.45. The summed E-state index contributed by atoms with van der Waals surface area (Å²) in [4.78, 5) is 7.12. The first kappa shape index (κ1) is 16.5. The van der Waals surface area contributed by atoms with Crippen molar-refractivity contribution in [2.24, 2.45) is 0 Å². The lowest BCUT2D eigenvalue weighted by atomic mass is 10.1. The number of pyridine rings is 1. The van der Waals surface area contributed by atoms with E-state index in [0.717, 1.165) is 64.1 Å². The number of fused-ring (bicyclic) bond motifs is 3. The number of aromatic amines is 1. The first-order valence-electron chi connectivity index (χ1n) is 8.90. The van der Waals surface area contributed by atoms with Gasteiger partial charge in [-0.15, -0.1) is 0 Å². The van der Waals surface area contributed by atoms with Crippen molar-refractivity contribution >= 4 is 54.9 Å². The maximum atomic E-state index is 5.42. The summed E-state index contributed by atoms with van der Waals surface area (Å²) in [5.74, 6) is 0.750. The minimum absolute atomic E-state index is 0.750. The molecule has 7 heteroatoms. The average Bonchev–Trinajstić information content (AvgIpc) is 3.20. The molecule has 1 fully saturated rings. The Kier molecular flexibility index (Phi) is 4.18. The Balaban J connectivity index is 1.48. The van der Waals surface area contributed by atoms with Crippen LogP contribution in [0.1, 0.15) is 0 Å². The number of hydrogen-bond acceptors (Lipinski definition) is 5. The van der Waals surface area contributed by atoms with Crippen molar-refractivity contribution in [2.75, 3.05) is 36.5 Å². The van der Waals surface area contributed by atoms with E-state index in [9.17, 15) is 0 Å². The molecule has 1 saturated heterocycles. The summed E-state index contributed by atoms with van der Waals surface area (Å²) in [6, 6.07) is 14.5. The number of morpholine rings is 1. The summed E-state index contributed by atoms with van der Waals surface area (Å²) in [5.41, 5.74) is 3.96. The molecule has 6 nitrogen and oxygen atoms in total. The van der Waals surface area contributed by atoms with Gasteiger partial charge in [-0.05, 0) is 42.5 Å². The van der Waals surface area contributed by atoms with Crippen molar-refractivity contribution in [1.82, 2.24) is 15.2 Å². The van der Waals surface area contributed by atoms with Crippen LogP contribution in [0.15, 0.2) is 53.1 Å². The molecule has 0 aliphatic carbocycles. The second-order valence-corrected chi connectivity index (χ2v) is 7.46. The van der Waals surface area contributed by atoms with Crippen LogP contribution in [0, 0.1) is 0 Å². The first-order valence-corrected chi connectivity index (χ1v) is 9.70. The Morgan fingerprint density at radius 1 is 1.04 bits per heavy atom. The molecule has 2 N–H and O–H groups in total. The van der Waals surface area contributed by atoms with Crippen LogP contribution >= 0.6 is 15.9 Å². The fraction of sp³-hybridized carbons (Fsp3) is 0.200. The molecular formula is C20H18BrN5O. The second-order valence-electron chi connectivity index (χ2n) is 6.54. The highest BCUT2D eigenvalue weighted by Gasteiger charge is 2.13. The third kappa shape index (κ3) is 3.13. The van der Waals surface area contributed by atoms with Crippen LogP contribution in [0.5, 0.6) is 0 Å². The number of aromatic nitrogens is 3. The van der Waals surface area contributed by atoms with Gasteiger partial charge in [-0.2, -0.15) is 5.10 Å². The monoisotopic (exact) mass is 423 g/mol. The Morgan fingerprint density at radius 2 is 1.85 bits per heavy atom. The van der Waals surface area contributed by atoms with E-state index in [-0.39, 0.29) is 0 Å². The van der Waals surface area contributed by atoms with Gasteiger partial charge in [0.25, 0.3) is 0 Å². The zero-order valence-electron chi connectivity index (χ0n) is 14.6. The third-order valence-electron chi connectivity index (χ3n) is 4.85. The molecule has 136 valence electrons. The third-order valence-corrected chi connectivity index (χ3v) is 5.35. The van der Waals surface area contributed by atoms with Crippen molar-refractivity contribution in [3.63, 3.8) is 0 Å². The molecule has 0 bridgehead atoms. The zero-order valence-corrected chi connectivity index (χ0v) is 16.2. The number of nitrogens with zero attached hydrogens (tertiary/aromatic N) is 3. The average molecular weight is 424 g/mol. The standard InChI is InChI=1S/C20H18BrN5O/c21-13-1-6-18-16(11-13)17-12-22-25-19(17)20(24-18)23-14-2-4-15(5-3-14)26-7-9-27-10-8-26/h1-6,11-12H,7-10H2,(H,22,25)(H,23,24). The maximum absolute atomic E-state index is 5.42. The molecule has 3 heterocycles. The summed E-state index contributed by atoms with van der Waals surface area (Å²) in [6.07, 6.45) is 1.92. The highest BCUT2D eigenvalue weighted by molar-refractivity contribution is 9.10. The van der Waals surface area contributed by atoms with E-state index in [1.807, 2.05) is 18.3 Å². The minimum atomic E-state index is 0.750. The minimum Gasteiger partial charge on any atom is -0.378 e. The fourth-order valence-electron chi connectivity index (χ4n) is 3.47. The molecule has 0 spiro atoms. The molecule has 27 heavy (non-hydrogen) atoms. The van der Waals surface area contributed by atoms with Gasteiger partial charge in [-0.1, -0.05) is 15.9 Å². The number of halogens is 1. The normalized spacial score (nSPS) is 14.8. The number of ether oxygens (including phenoxy) is 1. The molecular weight excluding hydrogens is 406 g/mol. The number of hydrogen-bond donors (Lipinski definition) is 2. The van der Waals surface area contributed by atoms with E-state index < -0.39 is 0 Å². The quantitative estimate of drug-likeness (QED) is 0.509. The van der Waals surface area contributed by atoms with Gasteiger partial charge in [0.15, 0.2) is 5.82 Å². The Morgan fingerprint density at radius 3 is 2.67 bits per heavy atom. The Labute approximate surface area is 164 Å². The zero-order chi connectivity index (χ0) is 18.2. The van der Waals surface area contributed by atoms with Gasteiger partial charge in [0, 0.05) is 45.9 Å². The largest absolute Gasteiger partial charge is 0.378 e. The second kappa shape index (κ2) is 6.83. The van der Waals surface area contributed by atoms with E-state index in [2.05, 4.69) is 66.7 Å². The van der Waals surface area contributed by atoms with Gasteiger partial charge in [-0.25, -0.2) is 4.98 Å². The smallest absolute Gasteiger partial charge is 0.159 e. The number of benzene rings is 2. The van der Waals surface area contributed by atoms with Gasteiger partial charge < -0.3 is 15.0 Å². The van der Waals surface area contributed by atoms with Gasteiger partial charge in [-0.3, -0.25) is 5.10 Å². The lowest BCUT2D eigenvalue weighted by Gasteiger charge is -2.28. The number of anilines is 3. The summed E-state index contributed by atoms with van der Waals surface area (Å²) in [5, 5.41) is 12.9. The van der Waals surface area contributed by atoms with Gasteiger partial charge >= 0.3 is 0 Å². The van der Waals surface area contributed by atoms with Gasteiger partial charge in [0.1, 0.15) is 5.52 Å². The molecule has 0 atom stereocenters. The molecule has 0 amide bonds. The van der Waals surface area contributed by atoms with E-state index in [4.69, 9.17) is 9.72 Å². The SMILES string of the molecule is Brc1ccc2nc(Nc3ccc(N4CCOCC4)cc3)c3n[nH]cc3c2c1. The summed E-state index contributed by atoms with van der Waals surface area (Å²) < 4.78 is 6.45. The van der Waals surface area contributed by atoms with Crippen molar-refractivity contribution in [3.05, 3.63) is 53.1 Å². The molecule has 1 aliphatic rings. The van der Waals surface area contributed by atoms with Crippen molar-refractivity contribution < 1.29 is 4.74 Å². The molecule has 0 unspecified atom stereocenters. The molecule has 1 aliphatic heterocycles. The lowest BCUT2D eigenvalue weighted by molar-refractivity contribution is 0.122. The summed E-state index contributed by atoms with van der Waals surface area (Å²) >= 11 is 3.53. The Bertz CT molecular complexity index is 1100. The highest BCUT2D eigenvalue weighted by Crippen LogP contribution is 2.31. The van der Waals surface area contributed by atoms with E-state index in [1.165, 1.54) is 5.69 Å². The number of nitrogens with one attached hydrogen (secondary N) is 2. The number of H-pyrrole nitrogens is 1. The van der Waals surface area contributed by atoms with Crippen LogP contribution in [0.2, 0.25) is 0 Å². The molecule has 2 aromatic heterocycles. The molecule has 5 rings (SSSR count). The molecule has 0 radical (unpaired) electrons. The highest BCUT2D eigenvalue weighted by atomic mass is 79.9. The van der Waals surface area contributed by atoms with Gasteiger partial charge in [0.2, 0.25) is 0 Å². The van der Waals surface area contributed by atoms with E-state index in [0.29, 0.717) is 0 Å². The lowest BCUT2D eigenvalue weighted by Crippen LogP contribution is -2.36. The summed E-state index contributed by atoms with van der Waals surface area (Å²) in [7, 11) is 0.